The van der Waals surface area contributed by atoms with Gasteiger partial charge in [0.25, 0.3) is 0 Å². The Bertz CT molecular complexity index is 837. The summed E-state index contributed by atoms with van der Waals surface area (Å²) in [6.07, 6.45) is 5.31. The Kier molecular flexibility index (Phi) is 7.25. The van der Waals surface area contributed by atoms with Crippen molar-refractivity contribution in [1.82, 2.24) is 5.43 Å². The largest absolute Gasteiger partial charge is 0.492 e. The molecule has 0 radical (unpaired) electrons. The minimum atomic E-state index is 0.426. The number of ether oxygens (including phenoxy) is 1. The number of hydrazone groups is 1. The van der Waals surface area contributed by atoms with Gasteiger partial charge in [-0.3, -0.25) is 5.43 Å². The first-order chi connectivity index (χ1) is 13.7. The van der Waals surface area contributed by atoms with Crippen molar-refractivity contribution in [2.75, 3.05) is 29.9 Å². The Labute approximate surface area is 172 Å². The highest BCUT2D eigenvalue weighted by Crippen LogP contribution is 2.28. The number of rotatable bonds is 7. The lowest BCUT2D eigenvalue weighted by Crippen LogP contribution is -2.30. The Morgan fingerprint density at radius 2 is 2.11 bits per heavy atom. The predicted octanol–water partition coefficient (Wildman–Crippen LogP) is 4.57. The van der Waals surface area contributed by atoms with Gasteiger partial charge in [0.05, 0.1) is 18.5 Å². The highest BCUT2D eigenvalue weighted by molar-refractivity contribution is 7.80. The number of aryl methyl sites for hydroxylation is 1. The summed E-state index contributed by atoms with van der Waals surface area (Å²) in [6, 6.07) is 14.2. The van der Waals surface area contributed by atoms with Crippen molar-refractivity contribution >= 4 is 34.9 Å². The van der Waals surface area contributed by atoms with Gasteiger partial charge in [-0.05, 0) is 73.8 Å². The van der Waals surface area contributed by atoms with Gasteiger partial charge >= 0.3 is 0 Å². The lowest BCUT2D eigenvalue weighted by molar-refractivity contribution is 0.342. The Hall–Kier alpha value is -2.60. The molecule has 1 aliphatic heterocycles. The molecule has 28 heavy (non-hydrogen) atoms. The molecule has 0 aliphatic carbocycles. The summed E-state index contributed by atoms with van der Waals surface area (Å²) in [5.74, 6) is 0.768. The lowest BCUT2D eigenvalue weighted by atomic mass is 9.99. The third-order valence-corrected chi connectivity index (χ3v) is 4.82. The molecule has 1 aliphatic rings. The first kappa shape index (κ1) is 20.1. The minimum Gasteiger partial charge on any atom is -0.492 e. The SMILES string of the molecule is CCCN1CCCc2cc(C=NNC(=S)Nc3ccccc3OCC)ccc21. The second-order valence-electron chi connectivity index (χ2n) is 6.73. The van der Waals surface area contributed by atoms with E-state index >= 15 is 0 Å². The maximum Gasteiger partial charge on any atom is 0.191 e. The van der Waals surface area contributed by atoms with Crippen LogP contribution in [0.15, 0.2) is 47.6 Å². The van der Waals surface area contributed by atoms with Gasteiger partial charge in [-0.2, -0.15) is 5.10 Å². The summed E-state index contributed by atoms with van der Waals surface area (Å²) < 4.78 is 5.60. The molecule has 1 heterocycles. The number of hydrogen-bond acceptors (Lipinski definition) is 4. The first-order valence-corrected chi connectivity index (χ1v) is 10.3. The van der Waals surface area contributed by atoms with Crippen molar-refractivity contribution in [2.45, 2.75) is 33.1 Å². The normalized spacial score (nSPS) is 13.3. The molecule has 2 aromatic carbocycles. The average Bonchev–Trinajstić information content (AvgIpc) is 2.70. The van der Waals surface area contributed by atoms with Gasteiger partial charge in [-0.1, -0.05) is 25.1 Å². The van der Waals surface area contributed by atoms with Crippen LogP contribution in [0.25, 0.3) is 0 Å². The van der Waals surface area contributed by atoms with Crippen LogP contribution in [0.5, 0.6) is 5.75 Å². The molecular weight excluding hydrogens is 368 g/mol. The van der Waals surface area contributed by atoms with Gasteiger partial charge in [0.15, 0.2) is 5.11 Å². The summed E-state index contributed by atoms with van der Waals surface area (Å²) in [5, 5.41) is 7.84. The van der Waals surface area contributed by atoms with Crippen LogP contribution >= 0.6 is 12.2 Å². The van der Waals surface area contributed by atoms with Gasteiger partial charge in [0, 0.05) is 18.8 Å². The van der Waals surface area contributed by atoms with Gasteiger partial charge < -0.3 is 15.0 Å². The van der Waals surface area contributed by atoms with E-state index in [1.54, 1.807) is 0 Å². The lowest BCUT2D eigenvalue weighted by Gasteiger charge is -2.31. The van der Waals surface area contributed by atoms with Crippen LogP contribution in [-0.2, 0) is 6.42 Å². The van der Waals surface area contributed by atoms with E-state index in [0.29, 0.717) is 11.7 Å². The molecule has 148 valence electrons. The second kappa shape index (κ2) is 10.1. The van der Waals surface area contributed by atoms with E-state index in [2.05, 4.69) is 45.9 Å². The number of nitrogens with one attached hydrogen (secondary N) is 2. The number of para-hydroxylation sites is 2. The quantitative estimate of drug-likeness (QED) is 0.408. The maximum absolute atomic E-state index is 5.60. The highest BCUT2D eigenvalue weighted by atomic mass is 32.1. The third-order valence-electron chi connectivity index (χ3n) is 4.63. The first-order valence-electron chi connectivity index (χ1n) is 9.91. The molecule has 6 heteroatoms. The van der Waals surface area contributed by atoms with E-state index in [-0.39, 0.29) is 0 Å². The monoisotopic (exact) mass is 396 g/mol. The molecule has 0 saturated carbocycles. The fourth-order valence-electron chi connectivity index (χ4n) is 3.44. The number of thiocarbonyl (C=S) groups is 1. The molecule has 0 saturated heterocycles. The van der Waals surface area contributed by atoms with E-state index in [1.165, 1.54) is 24.1 Å². The number of benzene rings is 2. The van der Waals surface area contributed by atoms with Crippen molar-refractivity contribution in [1.29, 1.82) is 0 Å². The zero-order valence-electron chi connectivity index (χ0n) is 16.6. The van der Waals surface area contributed by atoms with Crippen molar-refractivity contribution in [3.05, 3.63) is 53.6 Å². The molecule has 0 spiro atoms. The summed E-state index contributed by atoms with van der Waals surface area (Å²) in [4.78, 5) is 2.48. The van der Waals surface area contributed by atoms with Crippen molar-refractivity contribution in [2.24, 2.45) is 5.10 Å². The number of fused-ring (bicyclic) bond motifs is 1. The molecular formula is C22H28N4OS. The van der Waals surface area contributed by atoms with Gasteiger partial charge in [-0.15, -0.1) is 0 Å². The van der Waals surface area contributed by atoms with Crippen LogP contribution in [0.3, 0.4) is 0 Å². The molecule has 0 bridgehead atoms. The standard InChI is InChI=1S/C22H28N4OS/c1-3-13-26-14-7-8-18-15-17(11-12-20(18)26)16-23-25-22(28)24-19-9-5-6-10-21(19)27-4-2/h5-6,9-12,15-16H,3-4,7-8,13-14H2,1-2H3,(H2,24,25,28). The van der Waals surface area contributed by atoms with Crippen molar-refractivity contribution < 1.29 is 4.74 Å². The smallest absolute Gasteiger partial charge is 0.191 e. The van der Waals surface area contributed by atoms with Gasteiger partial charge in [-0.25, -0.2) is 0 Å². The van der Waals surface area contributed by atoms with Crippen LogP contribution in [0.4, 0.5) is 11.4 Å². The molecule has 3 rings (SSSR count). The third kappa shape index (κ3) is 5.23. The maximum atomic E-state index is 5.60. The van der Waals surface area contributed by atoms with E-state index < -0.39 is 0 Å². The van der Waals surface area contributed by atoms with Crippen LogP contribution in [-0.4, -0.2) is 31.0 Å². The van der Waals surface area contributed by atoms with E-state index in [9.17, 15) is 0 Å². The topological polar surface area (TPSA) is 48.9 Å². The molecule has 0 atom stereocenters. The molecule has 2 aromatic rings. The van der Waals surface area contributed by atoms with E-state index in [0.717, 1.165) is 36.5 Å². The van der Waals surface area contributed by atoms with E-state index in [1.807, 2.05) is 37.4 Å². The van der Waals surface area contributed by atoms with Crippen LogP contribution in [0.2, 0.25) is 0 Å². The Morgan fingerprint density at radius 3 is 2.93 bits per heavy atom. The molecule has 0 aromatic heterocycles. The van der Waals surface area contributed by atoms with Crippen LogP contribution < -0.4 is 20.4 Å². The van der Waals surface area contributed by atoms with Crippen molar-refractivity contribution in [3.63, 3.8) is 0 Å². The zero-order chi connectivity index (χ0) is 19.8. The summed E-state index contributed by atoms with van der Waals surface area (Å²) >= 11 is 5.34. The van der Waals surface area contributed by atoms with Crippen LogP contribution in [0.1, 0.15) is 37.8 Å². The zero-order valence-corrected chi connectivity index (χ0v) is 17.4. The minimum absolute atomic E-state index is 0.426. The number of anilines is 2. The molecule has 5 nitrogen and oxygen atoms in total. The fraction of sp³-hybridized carbons (Fsp3) is 0.364. The van der Waals surface area contributed by atoms with Gasteiger partial charge in [0.1, 0.15) is 5.75 Å². The van der Waals surface area contributed by atoms with E-state index in [4.69, 9.17) is 17.0 Å². The number of nitrogens with zero attached hydrogens (tertiary/aromatic N) is 2. The highest BCUT2D eigenvalue weighted by Gasteiger charge is 2.15. The second-order valence-corrected chi connectivity index (χ2v) is 7.14. The van der Waals surface area contributed by atoms with Gasteiger partial charge in [0.2, 0.25) is 0 Å². The Balaban J connectivity index is 1.60. The Morgan fingerprint density at radius 1 is 1.25 bits per heavy atom. The fourth-order valence-corrected chi connectivity index (χ4v) is 3.61. The van der Waals surface area contributed by atoms with Crippen molar-refractivity contribution in [3.8, 4) is 5.75 Å². The average molecular weight is 397 g/mol. The summed E-state index contributed by atoms with van der Waals surface area (Å²) in [7, 11) is 0. The number of hydrogen-bond donors (Lipinski definition) is 2. The molecule has 0 unspecified atom stereocenters. The predicted molar refractivity (Wildman–Crippen MR) is 122 cm³/mol. The summed E-state index contributed by atoms with van der Waals surface area (Å²) in [6.45, 7) is 7.05. The molecule has 0 fully saturated rings. The molecule has 0 amide bonds. The summed E-state index contributed by atoms with van der Waals surface area (Å²) in [5.41, 5.74) is 7.54. The molecule has 2 N–H and O–H groups in total. The van der Waals surface area contributed by atoms with Crippen LogP contribution in [0, 0.1) is 0 Å².